The second-order valence-electron chi connectivity index (χ2n) is 7.85. The summed E-state index contributed by atoms with van der Waals surface area (Å²) in [6, 6.07) is 6.52. The van der Waals surface area contributed by atoms with E-state index in [9.17, 15) is 4.79 Å². The first kappa shape index (κ1) is 17.3. The van der Waals surface area contributed by atoms with Crippen molar-refractivity contribution in [1.29, 1.82) is 0 Å². The lowest BCUT2D eigenvalue weighted by Gasteiger charge is -2.24. The minimum Gasteiger partial charge on any atom is -0.481 e. The molecule has 0 bridgehead atoms. The van der Waals surface area contributed by atoms with Crippen molar-refractivity contribution in [2.24, 2.45) is 17.6 Å². The van der Waals surface area contributed by atoms with Gasteiger partial charge in [-0.3, -0.25) is 4.79 Å². The lowest BCUT2D eigenvalue weighted by molar-refractivity contribution is -0.137. The molecule has 4 atom stereocenters. The van der Waals surface area contributed by atoms with E-state index in [0.29, 0.717) is 17.8 Å². The number of ether oxygens (including phenoxy) is 1. The molecule has 2 N–H and O–H groups in total. The van der Waals surface area contributed by atoms with Crippen molar-refractivity contribution in [3.8, 4) is 5.75 Å². The van der Waals surface area contributed by atoms with Crippen molar-refractivity contribution < 1.29 is 9.53 Å². The van der Waals surface area contributed by atoms with Gasteiger partial charge in [-0.1, -0.05) is 26.0 Å². The van der Waals surface area contributed by atoms with E-state index in [1.165, 1.54) is 5.56 Å². The molecule has 1 aromatic rings. The summed E-state index contributed by atoms with van der Waals surface area (Å²) in [6.07, 6.45) is 1.80. The van der Waals surface area contributed by atoms with Gasteiger partial charge in [0.2, 0.25) is 0 Å². The van der Waals surface area contributed by atoms with Crippen LogP contribution < -0.4 is 10.5 Å². The Hall–Kier alpha value is -1.55. The molecule has 1 saturated heterocycles. The monoisotopic (exact) mass is 330 g/mol. The van der Waals surface area contributed by atoms with Crippen molar-refractivity contribution in [3.05, 3.63) is 29.3 Å². The molecule has 1 aliphatic heterocycles. The molecular weight excluding hydrogens is 300 g/mol. The molecule has 1 aliphatic carbocycles. The van der Waals surface area contributed by atoms with E-state index in [1.807, 2.05) is 18.7 Å². The van der Waals surface area contributed by atoms with Gasteiger partial charge in [-0.25, -0.2) is 0 Å². The minimum absolute atomic E-state index is 0.0888. The van der Waals surface area contributed by atoms with Gasteiger partial charge < -0.3 is 15.4 Å². The van der Waals surface area contributed by atoms with E-state index in [1.54, 1.807) is 0 Å². The van der Waals surface area contributed by atoms with E-state index >= 15 is 0 Å². The van der Waals surface area contributed by atoms with Crippen LogP contribution in [0.25, 0.3) is 0 Å². The number of benzene rings is 1. The van der Waals surface area contributed by atoms with Crippen LogP contribution in [0.5, 0.6) is 5.75 Å². The Morgan fingerprint density at radius 3 is 2.67 bits per heavy atom. The van der Waals surface area contributed by atoms with Crippen LogP contribution in [0, 0.1) is 18.8 Å². The summed E-state index contributed by atoms with van der Waals surface area (Å²) in [5, 5.41) is 0. The standard InChI is InChI=1S/C20H30N2O2/c1-12(2)15-6-5-13(3)19(9-15)24-14(4)20(23)22-10-16-7-8-18(21)17(16)11-22/h5-6,9,12,14,16-18H,7-8,10-11,21H2,1-4H3. The van der Waals surface area contributed by atoms with Crippen LogP contribution in [0.4, 0.5) is 0 Å². The molecule has 1 amide bonds. The predicted octanol–water partition coefficient (Wildman–Crippen LogP) is 3.08. The second kappa shape index (κ2) is 6.75. The van der Waals surface area contributed by atoms with Crippen LogP contribution in [0.2, 0.25) is 0 Å². The van der Waals surface area contributed by atoms with Crippen molar-refractivity contribution in [3.63, 3.8) is 0 Å². The maximum absolute atomic E-state index is 12.8. The highest BCUT2D eigenvalue weighted by molar-refractivity contribution is 5.81. The fourth-order valence-electron chi connectivity index (χ4n) is 4.09. The summed E-state index contributed by atoms with van der Waals surface area (Å²) >= 11 is 0. The third-order valence-corrected chi connectivity index (χ3v) is 5.75. The minimum atomic E-state index is -0.457. The molecule has 2 aliphatic rings. The maximum Gasteiger partial charge on any atom is 0.263 e. The zero-order chi connectivity index (χ0) is 17.4. The molecule has 24 heavy (non-hydrogen) atoms. The number of likely N-dealkylation sites (tertiary alicyclic amines) is 1. The van der Waals surface area contributed by atoms with Gasteiger partial charge in [0.05, 0.1) is 0 Å². The molecule has 4 unspecified atom stereocenters. The van der Waals surface area contributed by atoms with Gasteiger partial charge in [0.15, 0.2) is 6.10 Å². The summed E-state index contributed by atoms with van der Waals surface area (Å²) in [4.78, 5) is 14.7. The van der Waals surface area contributed by atoms with Crippen molar-refractivity contribution >= 4 is 5.91 Å². The fourth-order valence-corrected chi connectivity index (χ4v) is 4.09. The third kappa shape index (κ3) is 3.30. The molecule has 0 aromatic heterocycles. The van der Waals surface area contributed by atoms with Crippen molar-refractivity contribution in [2.45, 2.75) is 58.6 Å². The van der Waals surface area contributed by atoms with Crippen LogP contribution >= 0.6 is 0 Å². The smallest absolute Gasteiger partial charge is 0.263 e. The lowest BCUT2D eigenvalue weighted by Crippen LogP contribution is -2.40. The molecule has 3 rings (SSSR count). The normalized spacial score (nSPS) is 27.4. The van der Waals surface area contributed by atoms with Gasteiger partial charge in [0.1, 0.15) is 5.75 Å². The zero-order valence-corrected chi connectivity index (χ0v) is 15.3. The molecule has 2 fully saturated rings. The largest absolute Gasteiger partial charge is 0.481 e. The van der Waals surface area contributed by atoms with Gasteiger partial charge in [0.25, 0.3) is 5.91 Å². The Balaban J connectivity index is 1.66. The summed E-state index contributed by atoms with van der Waals surface area (Å²) in [5.41, 5.74) is 8.48. The second-order valence-corrected chi connectivity index (χ2v) is 7.85. The number of fused-ring (bicyclic) bond motifs is 1. The number of hydrogen-bond acceptors (Lipinski definition) is 3. The van der Waals surface area contributed by atoms with Crippen LogP contribution in [0.1, 0.15) is 50.7 Å². The van der Waals surface area contributed by atoms with E-state index in [2.05, 4.69) is 32.0 Å². The topological polar surface area (TPSA) is 55.6 Å². The van der Waals surface area contributed by atoms with Crippen molar-refractivity contribution in [1.82, 2.24) is 4.90 Å². The Morgan fingerprint density at radius 2 is 2.00 bits per heavy atom. The average molecular weight is 330 g/mol. The predicted molar refractivity (Wildman–Crippen MR) is 96.1 cm³/mol. The van der Waals surface area contributed by atoms with Gasteiger partial charge >= 0.3 is 0 Å². The first-order valence-electron chi connectivity index (χ1n) is 9.18. The summed E-state index contributed by atoms with van der Waals surface area (Å²) in [6.45, 7) is 9.84. The van der Waals surface area contributed by atoms with Gasteiger partial charge in [-0.05, 0) is 61.6 Å². The number of nitrogens with two attached hydrogens (primary N) is 1. The Morgan fingerprint density at radius 1 is 1.25 bits per heavy atom. The molecule has 4 nitrogen and oxygen atoms in total. The first-order valence-corrected chi connectivity index (χ1v) is 9.18. The van der Waals surface area contributed by atoms with E-state index < -0.39 is 6.10 Å². The highest BCUT2D eigenvalue weighted by atomic mass is 16.5. The van der Waals surface area contributed by atoms with Crippen LogP contribution in [-0.2, 0) is 4.79 Å². The SMILES string of the molecule is Cc1ccc(C(C)C)cc1OC(C)C(=O)N1CC2CCC(N)C2C1. The molecule has 1 aromatic carbocycles. The fraction of sp³-hybridized carbons (Fsp3) is 0.650. The van der Waals surface area contributed by atoms with E-state index in [4.69, 9.17) is 10.5 Å². The number of rotatable bonds is 4. The molecule has 0 radical (unpaired) electrons. The summed E-state index contributed by atoms with van der Waals surface area (Å²) in [7, 11) is 0. The highest BCUT2D eigenvalue weighted by Crippen LogP contribution is 2.37. The average Bonchev–Trinajstić information content (AvgIpc) is 3.11. The summed E-state index contributed by atoms with van der Waals surface area (Å²) in [5.74, 6) is 2.41. The number of hydrogen-bond donors (Lipinski definition) is 1. The lowest BCUT2D eigenvalue weighted by atomic mass is 9.98. The number of amides is 1. The summed E-state index contributed by atoms with van der Waals surface area (Å²) < 4.78 is 6.04. The Labute approximate surface area is 145 Å². The van der Waals surface area contributed by atoms with E-state index in [-0.39, 0.29) is 11.9 Å². The molecule has 132 valence electrons. The van der Waals surface area contributed by atoms with Crippen LogP contribution in [-0.4, -0.2) is 36.0 Å². The molecule has 1 saturated carbocycles. The number of aryl methyl sites for hydroxylation is 1. The van der Waals surface area contributed by atoms with Crippen LogP contribution in [0.3, 0.4) is 0 Å². The molecule has 4 heteroatoms. The number of carbonyl (C=O) groups is 1. The van der Waals surface area contributed by atoms with Crippen molar-refractivity contribution in [2.75, 3.05) is 13.1 Å². The highest BCUT2D eigenvalue weighted by Gasteiger charge is 2.43. The third-order valence-electron chi connectivity index (χ3n) is 5.75. The zero-order valence-electron chi connectivity index (χ0n) is 15.3. The van der Waals surface area contributed by atoms with Gasteiger partial charge in [-0.15, -0.1) is 0 Å². The van der Waals surface area contributed by atoms with Gasteiger partial charge in [0, 0.05) is 19.1 Å². The van der Waals surface area contributed by atoms with E-state index in [0.717, 1.165) is 37.2 Å². The first-order chi connectivity index (χ1) is 11.4. The van der Waals surface area contributed by atoms with Crippen LogP contribution in [0.15, 0.2) is 18.2 Å². The maximum atomic E-state index is 12.8. The Kier molecular flexibility index (Phi) is 4.86. The molecular formula is C20H30N2O2. The quantitative estimate of drug-likeness (QED) is 0.923. The Bertz CT molecular complexity index is 614. The number of carbonyl (C=O) groups excluding carboxylic acids is 1. The van der Waals surface area contributed by atoms with Gasteiger partial charge in [-0.2, -0.15) is 0 Å². The molecule has 0 spiro atoms. The molecule has 1 heterocycles. The number of nitrogens with zero attached hydrogens (tertiary/aromatic N) is 1.